The molecule has 2 amide bonds. The minimum absolute atomic E-state index is 0. The van der Waals surface area contributed by atoms with Crippen molar-refractivity contribution in [3.05, 3.63) is 23.8 Å². The average Bonchev–Trinajstić information content (AvgIpc) is 2.92. The fourth-order valence-corrected chi connectivity index (χ4v) is 6.48. The number of carbonyl (C=O) groups is 2. The van der Waals surface area contributed by atoms with Gasteiger partial charge in [0.05, 0.1) is 6.10 Å². The molecule has 9 heteroatoms. The lowest BCUT2D eigenvalue weighted by atomic mass is 9.78. The number of aliphatic hydroxyl groups is 1. The Morgan fingerprint density at radius 1 is 1.08 bits per heavy atom. The van der Waals surface area contributed by atoms with E-state index in [1.54, 1.807) is 0 Å². The second-order valence-corrected chi connectivity index (χ2v) is 11.0. The van der Waals surface area contributed by atoms with E-state index in [-0.39, 0.29) is 30.1 Å². The third-order valence-corrected chi connectivity index (χ3v) is 8.66. The molecule has 3 fully saturated rings. The molecule has 1 aromatic carbocycles. The molecule has 2 atom stereocenters. The number of fused-ring (bicyclic) bond motifs is 1. The molecule has 8 nitrogen and oxygen atoms in total. The van der Waals surface area contributed by atoms with Crippen LogP contribution >= 0.6 is 12.4 Å². The molecule has 1 spiro atoms. The second kappa shape index (κ2) is 12.2. The van der Waals surface area contributed by atoms with Crippen LogP contribution in [0.25, 0.3) is 0 Å². The fraction of sp³-hybridized carbons (Fsp3) is 0.714. The van der Waals surface area contributed by atoms with Gasteiger partial charge < -0.3 is 24.8 Å². The van der Waals surface area contributed by atoms with Crippen LogP contribution in [0.4, 0.5) is 0 Å². The van der Waals surface area contributed by atoms with Gasteiger partial charge in [-0.1, -0.05) is 38.7 Å². The smallest absolute Gasteiger partial charge is 0.248 e. The van der Waals surface area contributed by atoms with Crippen molar-refractivity contribution in [1.82, 2.24) is 15.1 Å². The summed E-state index contributed by atoms with van der Waals surface area (Å²) in [5.74, 6) is 1.48. The van der Waals surface area contributed by atoms with E-state index in [1.165, 1.54) is 6.42 Å². The van der Waals surface area contributed by atoms with E-state index in [9.17, 15) is 14.7 Å². The number of halogens is 1. The molecule has 0 radical (unpaired) electrons. The van der Waals surface area contributed by atoms with Gasteiger partial charge in [-0.2, -0.15) is 0 Å². The Morgan fingerprint density at radius 2 is 1.78 bits per heavy atom. The van der Waals surface area contributed by atoms with Gasteiger partial charge >= 0.3 is 0 Å². The van der Waals surface area contributed by atoms with Crippen LogP contribution in [0.15, 0.2) is 18.2 Å². The molecule has 206 valence electrons. The number of hydrogen-bond donors (Lipinski definition) is 2. The first-order valence-corrected chi connectivity index (χ1v) is 13.9. The highest BCUT2D eigenvalue weighted by atomic mass is 35.5. The number of benzene rings is 1. The lowest BCUT2D eigenvalue weighted by molar-refractivity contribution is -0.166. The predicted octanol–water partition coefficient (Wildman–Crippen LogP) is 3.28. The quantitative estimate of drug-likeness (QED) is 0.557. The number of aliphatic hydroxyl groups excluding tert-OH is 1. The Bertz CT molecular complexity index is 946. The molecule has 4 aliphatic rings. The molecule has 2 N–H and O–H groups in total. The molecular weight excluding hydrogens is 494 g/mol. The van der Waals surface area contributed by atoms with Crippen molar-refractivity contribution in [2.75, 3.05) is 32.8 Å². The predicted molar refractivity (Wildman–Crippen MR) is 143 cm³/mol. The zero-order valence-electron chi connectivity index (χ0n) is 22.0. The summed E-state index contributed by atoms with van der Waals surface area (Å²) in [6.07, 6.45) is 7.41. The average molecular weight is 536 g/mol. The van der Waals surface area contributed by atoms with Gasteiger partial charge in [0, 0.05) is 26.2 Å². The van der Waals surface area contributed by atoms with E-state index in [4.69, 9.17) is 9.47 Å². The van der Waals surface area contributed by atoms with Crippen molar-refractivity contribution in [2.45, 2.75) is 88.9 Å². The van der Waals surface area contributed by atoms with Crippen LogP contribution in [0.2, 0.25) is 0 Å². The molecule has 3 aliphatic heterocycles. The molecule has 0 aromatic heterocycles. The van der Waals surface area contributed by atoms with E-state index in [2.05, 4.69) is 23.2 Å². The maximum atomic E-state index is 13.8. The Morgan fingerprint density at radius 3 is 2.49 bits per heavy atom. The number of piperazine rings is 1. The van der Waals surface area contributed by atoms with Crippen molar-refractivity contribution >= 4 is 24.2 Å². The first-order valence-electron chi connectivity index (χ1n) is 13.9. The number of nitrogens with zero attached hydrogens (tertiary/aromatic N) is 2. The third kappa shape index (κ3) is 5.71. The molecule has 37 heavy (non-hydrogen) atoms. The van der Waals surface area contributed by atoms with E-state index in [1.807, 2.05) is 17.0 Å². The second-order valence-electron chi connectivity index (χ2n) is 11.0. The van der Waals surface area contributed by atoms with Gasteiger partial charge in [0.25, 0.3) is 0 Å². The first-order chi connectivity index (χ1) is 17.5. The van der Waals surface area contributed by atoms with Crippen LogP contribution in [0.3, 0.4) is 0 Å². The summed E-state index contributed by atoms with van der Waals surface area (Å²) in [5, 5.41) is 14.1. The van der Waals surface area contributed by atoms with Crippen molar-refractivity contribution < 1.29 is 24.2 Å². The highest BCUT2D eigenvalue weighted by molar-refractivity contribution is 6.00. The highest BCUT2D eigenvalue weighted by Gasteiger charge is 2.55. The summed E-state index contributed by atoms with van der Waals surface area (Å²) in [4.78, 5) is 31.6. The van der Waals surface area contributed by atoms with Gasteiger partial charge in [0.2, 0.25) is 11.8 Å². The Labute approximate surface area is 226 Å². The lowest BCUT2D eigenvalue weighted by Gasteiger charge is -2.52. The minimum atomic E-state index is -0.821. The zero-order valence-corrected chi connectivity index (χ0v) is 22.8. The summed E-state index contributed by atoms with van der Waals surface area (Å²) in [6.45, 7) is 6.04. The molecule has 0 bridgehead atoms. The molecule has 1 saturated carbocycles. The van der Waals surface area contributed by atoms with Gasteiger partial charge in [-0.25, -0.2) is 0 Å². The van der Waals surface area contributed by atoms with Gasteiger partial charge in [-0.3, -0.25) is 14.5 Å². The number of carbonyl (C=O) groups excluding carboxylic acids is 2. The van der Waals surface area contributed by atoms with Gasteiger partial charge in [0.1, 0.15) is 24.8 Å². The molecule has 1 aliphatic carbocycles. The van der Waals surface area contributed by atoms with Crippen LogP contribution in [-0.4, -0.2) is 77.3 Å². The number of ether oxygens (including phenoxy) is 2. The van der Waals surface area contributed by atoms with Crippen LogP contribution in [0.1, 0.15) is 70.3 Å². The molecular formula is C28H42ClN3O5. The van der Waals surface area contributed by atoms with Crippen LogP contribution in [-0.2, 0) is 16.1 Å². The van der Waals surface area contributed by atoms with Gasteiger partial charge in [-0.05, 0) is 55.7 Å². The summed E-state index contributed by atoms with van der Waals surface area (Å²) in [6, 6.07) is 5.26. The van der Waals surface area contributed by atoms with E-state index in [0.717, 1.165) is 75.2 Å². The SMILES string of the molecule is CCCCN1C(=O)[C@@H]([C@@H](O)C2CCCCC2)NC(=O)C12CCN(Cc1ccc3c(c1)OCCO3)CC2.Cl. The topological polar surface area (TPSA) is 91.3 Å². The lowest BCUT2D eigenvalue weighted by Crippen LogP contribution is -2.75. The van der Waals surface area contributed by atoms with Gasteiger partial charge in [0.15, 0.2) is 11.5 Å². The number of unbranched alkanes of at least 4 members (excludes halogenated alkanes) is 1. The molecule has 2 saturated heterocycles. The number of amides is 2. The van der Waals surface area contributed by atoms with Crippen molar-refractivity contribution in [1.29, 1.82) is 0 Å². The third-order valence-electron chi connectivity index (χ3n) is 8.66. The minimum Gasteiger partial charge on any atom is -0.486 e. The number of piperidine rings is 1. The monoisotopic (exact) mass is 535 g/mol. The zero-order chi connectivity index (χ0) is 25.1. The number of likely N-dealkylation sites (tertiary alicyclic amines) is 1. The molecule has 0 unspecified atom stereocenters. The summed E-state index contributed by atoms with van der Waals surface area (Å²) < 4.78 is 11.4. The van der Waals surface area contributed by atoms with E-state index in [0.29, 0.717) is 32.6 Å². The number of hydrogen-bond acceptors (Lipinski definition) is 6. The van der Waals surface area contributed by atoms with Crippen LogP contribution < -0.4 is 14.8 Å². The van der Waals surface area contributed by atoms with Crippen molar-refractivity contribution in [2.24, 2.45) is 5.92 Å². The summed E-state index contributed by atoms with van der Waals surface area (Å²) in [5.41, 5.74) is 0.330. The maximum Gasteiger partial charge on any atom is 0.248 e. The Kier molecular flexibility index (Phi) is 9.24. The van der Waals surface area contributed by atoms with Crippen molar-refractivity contribution in [3.63, 3.8) is 0 Å². The van der Waals surface area contributed by atoms with E-state index < -0.39 is 17.7 Å². The van der Waals surface area contributed by atoms with Gasteiger partial charge in [-0.15, -0.1) is 12.4 Å². The highest BCUT2D eigenvalue weighted by Crippen LogP contribution is 2.37. The number of nitrogens with one attached hydrogen (secondary N) is 1. The number of rotatable bonds is 7. The first kappa shape index (κ1) is 28.0. The van der Waals surface area contributed by atoms with Crippen molar-refractivity contribution in [3.8, 4) is 11.5 Å². The fourth-order valence-electron chi connectivity index (χ4n) is 6.48. The van der Waals surface area contributed by atoms with Crippen LogP contribution in [0, 0.1) is 5.92 Å². The van der Waals surface area contributed by atoms with E-state index >= 15 is 0 Å². The summed E-state index contributed by atoms with van der Waals surface area (Å²) in [7, 11) is 0. The standard InChI is InChI=1S/C28H41N3O5.ClH/c1-2-3-13-31-26(33)24(25(32)21-7-5-4-6-8-21)29-27(34)28(31)11-14-30(15-12-28)19-20-9-10-22-23(18-20)36-17-16-35-22;/h9-10,18,21,24-25,32H,2-8,11-17,19H2,1H3,(H,29,34);1H/t24-,25+;/m1./s1. The van der Waals surface area contributed by atoms with Crippen LogP contribution in [0.5, 0.6) is 11.5 Å². The largest absolute Gasteiger partial charge is 0.486 e. The normalized spacial score (nSPS) is 24.9. The Balaban J connectivity index is 0.00000320. The Hall–Kier alpha value is -2.03. The maximum absolute atomic E-state index is 13.8. The molecule has 1 aromatic rings. The molecule has 3 heterocycles. The summed E-state index contributed by atoms with van der Waals surface area (Å²) >= 11 is 0. The molecule has 5 rings (SSSR count).